The van der Waals surface area contributed by atoms with Crippen LogP contribution in [0.5, 0.6) is 5.75 Å². The molecule has 8 heteroatoms. The van der Waals surface area contributed by atoms with E-state index < -0.39 is 23.8 Å². The van der Waals surface area contributed by atoms with Crippen molar-refractivity contribution in [3.8, 4) is 5.75 Å². The van der Waals surface area contributed by atoms with Crippen LogP contribution in [0.4, 0.5) is 10.5 Å². The third kappa shape index (κ3) is 5.16. The summed E-state index contributed by atoms with van der Waals surface area (Å²) in [6.07, 6.45) is 2.17. The van der Waals surface area contributed by atoms with Crippen molar-refractivity contribution in [3.05, 3.63) is 24.3 Å². The highest BCUT2D eigenvalue weighted by molar-refractivity contribution is 6.32. The zero-order valence-corrected chi connectivity index (χ0v) is 16.7. The van der Waals surface area contributed by atoms with Crippen molar-refractivity contribution in [2.24, 2.45) is 10.9 Å². The number of ether oxygens (including phenoxy) is 1. The number of amides is 4. The van der Waals surface area contributed by atoms with Crippen LogP contribution in [0.2, 0.25) is 0 Å². The fraction of sp³-hybridized carbons (Fsp3) is 0.500. The molecule has 1 aliphatic rings. The van der Waals surface area contributed by atoms with Gasteiger partial charge in [-0.15, -0.1) is 0 Å². The predicted molar refractivity (Wildman–Crippen MR) is 108 cm³/mol. The van der Waals surface area contributed by atoms with E-state index >= 15 is 0 Å². The number of hydrogen-bond donors (Lipinski definition) is 1. The highest BCUT2D eigenvalue weighted by Crippen LogP contribution is 2.30. The lowest BCUT2D eigenvalue weighted by Crippen LogP contribution is -2.58. The van der Waals surface area contributed by atoms with Gasteiger partial charge in [-0.05, 0) is 45.1 Å². The maximum absolute atomic E-state index is 12.9. The van der Waals surface area contributed by atoms with Gasteiger partial charge in [0, 0.05) is 12.8 Å². The molecule has 1 atom stereocenters. The van der Waals surface area contributed by atoms with Crippen LogP contribution in [0.15, 0.2) is 29.3 Å². The second kappa shape index (κ2) is 10.6. The van der Waals surface area contributed by atoms with Crippen LogP contribution in [0, 0.1) is 5.92 Å². The van der Waals surface area contributed by atoms with E-state index in [4.69, 9.17) is 4.74 Å². The summed E-state index contributed by atoms with van der Waals surface area (Å²) in [5, 5.41) is 2.23. The molecular weight excluding hydrogens is 360 g/mol. The maximum atomic E-state index is 12.9. The first kappa shape index (κ1) is 21.6. The normalized spacial score (nSPS) is 17.5. The van der Waals surface area contributed by atoms with Crippen LogP contribution in [0.1, 0.15) is 27.2 Å². The number of imide groups is 2. The Morgan fingerprint density at radius 1 is 1.18 bits per heavy atom. The van der Waals surface area contributed by atoms with E-state index in [-0.39, 0.29) is 0 Å². The minimum atomic E-state index is -1.14. The molecule has 1 aromatic rings. The quantitative estimate of drug-likeness (QED) is 0.376. The van der Waals surface area contributed by atoms with Gasteiger partial charge in [-0.25, -0.2) is 9.69 Å². The van der Waals surface area contributed by atoms with Crippen molar-refractivity contribution < 1.29 is 19.1 Å². The Morgan fingerprint density at radius 3 is 2.57 bits per heavy atom. The number of nitrogens with zero attached hydrogens (tertiary/aromatic N) is 3. The Hall–Kier alpha value is -2.74. The smallest absolute Gasteiger partial charge is 0.335 e. The Balaban J connectivity index is 2.10. The van der Waals surface area contributed by atoms with Crippen LogP contribution in [0.25, 0.3) is 0 Å². The van der Waals surface area contributed by atoms with Crippen LogP contribution in [-0.2, 0) is 9.59 Å². The van der Waals surface area contributed by atoms with Crippen molar-refractivity contribution in [1.29, 1.82) is 0 Å². The van der Waals surface area contributed by atoms with Crippen molar-refractivity contribution in [1.82, 2.24) is 10.2 Å². The molecule has 0 spiro atoms. The number of barbiturate groups is 1. The molecule has 4 amide bonds. The molecule has 0 aromatic heterocycles. The molecule has 2 rings (SSSR count). The van der Waals surface area contributed by atoms with Crippen molar-refractivity contribution in [2.45, 2.75) is 27.2 Å². The highest BCUT2D eigenvalue weighted by Gasteiger charge is 2.41. The van der Waals surface area contributed by atoms with Crippen LogP contribution < -0.4 is 15.0 Å². The average Bonchev–Trinajstić information content (AvgIpc) is 2.68. The Labute approximate surface area is 165 Å². The second-order valence-electron chi connectivity index (χ2n) is 6.28. The summed E-state index contributed by atoms with van der Waals surface area (Å²) in [6.45, 7) is 9.76. The lowest BCUT2D eigenvalue weighted by molar-refractivity contribution is -0.131. The standard InChI is InChI=1S/C20H28N4O4/c1-4-23(5-2)13-9-12-21-14-15-18(25)22-20(27)24(19(15)26)16-10-7-8-11-17(16)28-6-3/h7-8,10-11,14-15H,4-6,9,12-13H2,1-3H3,(H,22,25,27). The van der Waals surface area contributed by atoms with E-state index in [1.165, 1.54) is 6.21 Å². The minimum Gasteiger partial charge on any atom is -0.492 e. The average molecular weight is 388 g/mol. The van der Waals surface area contributed by atoms with Crippen molar-refractivity contribution >= 4 is 29.7 Å². The summed E-state index contributed by atoms with van der Waals surface area (Å²) in [7, 11) is 0. The summed E-state index contributed by atoms with van der Waals surface area (Å²) >= 11 is 0. The molecule has 1 saturated heterocycles. The van der Waals surface area contributed by atoms with E-state index in [0.717, 1.165) is 31.0 Å². The molecule has 0 aliphatic carbocycles. The molecule has 152 valence electrons. The van der Waals surface area contributed by atoms with E-state index in [2.05, 4.69) is 29.1 Å². The lowest BCUT2D eigenvalue weighted by Gasteiger charge is -2.29. The largest absolute Gasteiger partial charge is 0.492 e. The fourth-order valence-corrected chi connectivity index (χ4v) is 2.97. The minimum absolute atomic E-state index is 0.305. The van der Waals surface area contributed by atoms with Gasteiger partial charge >= 0.3 is 6.03 Å². The summed E-state index contributed by atoms with van der Waals surface area (Å²) in [4.78, 5) is 44.8. The zero-order chi connectivity index (χ0) is 20.5. The number of carbonyl (C=O) groups excluding carboxylic acids is 3. The molecule has 1 unspecified atom stereocenters. The zero-order valence-electron chi connectivity index (χ0n) is 16.7. The monoisotopic (exact) mass is 388 g/mol. The van der Waals surface area contributed by atoms with Crippen molar-refractivity contribution in [2.75, 3.05) is 37.7 Å². The molecule has 0 saturated carbocycles. The Morgan fingerprint density at radius 2 is 1.89 bits per heavy atom. The number of anilines is 1. The molecule has 8 nitrogen and oxygen atoms in total. The summed E-state index contributed by atoms with van der Waals surface area (Å²) < 4.78 is 5.51. The predicted octanol–water partition coefficient (Wildman–Crippen LogP) is 2.09. The fourth-order valence-electron chi connectivity index (χ4n) is 2.97. The Bertz CT molecular complexity index is 731. The molecule has 1 fully saturated rings. The number of carbonyl (C=O) groups is 3. The SMILES string of the molecule is CCOc1ccccc1N1C(=O)NC(=O)C(C=NCCCN(CC)CC)C1=O. The number of rotatable bonds is 10. The first-order chi connectivity index (χ1) is 13.5. The van der Waals surface area contributed by atoms with Gasteiger partial charge in [-0.2, -0.15) is 0 Å². The molecule has 0 radical (unpaired) electrons. The molecule has 1 aromatic carbocycles. The van der Waals surface area contributed by atoms with Gasteiger partial charge in [0.1, 0.15) is 5.75 Å². The van der Waals surface area contributed by atoms with E-state index in [0.29, 0.717) is 24.6 Å². The van der Waals surface area contributed by atoms with Gasteiger partial charge in [-0.1, -0.05) is 26.0 Å². The molecule has 0 bridgehead atoms. The van der Waals surface area contributed by atoms with Gasteiger partial charge in [0.05, 0.1) is 12.3 Å². The molecular formula is C20H28N4O4. The number of hydrogen-bond acceptors (Lipinski definition) is 6. The van der Waals surface area contributed by atoms with Crippen molar-refractivity contribution in [3.63, 3.8) is 0 Å². The number of para-hydroxylation sites is 2. The number of urea groups is 1. The van der Waals surface area contributed by atoms with Crippen LogP contribution in [0.3, 0.4) is 0 Å². The van der Waals surface area contributed by atoms with Gasteiger partial charge < -0.3 is 9.64 Å². The number of aliphatic imine (C=N–C) groups is 1. The second-order valence-corrected chi connectivity index (χ2v) is 6.28. The third-order valence-corrected chi connectivity index (χ3v) is 4.52. The van der Waals surface area contributed by atoms with E-state index in [1.54, 1.807) is 24.3 Å². The molecule has 1 N–H and O–H groups in total. The van der Waals surface area contributed by atoms with E-state index in [9.17, 15) is 14.4 Å². The first-order valence-corrected chi connectivity index (χ1v) is 9.66. The van der Waals surface area contributed by atoms with Gasteiger partial charge in [0.2, 0.25) is 5.91 Å². The highest BCUT2D eigenvalue weighted by atomic mass is 16.5. The summed E-state index contributed by atoms with van der Waals surface area (Å²) in [6, 6.07) is 5.95. The summed E-state index contributed by atoms with van der Waals surface area (Å²) in [5.74, 6) is -2.03. The van der Waals surface area contributed by atoms with E-state index in [1.807, 2.05) is 6.92 Å². The summed E-state index contributed by atoms with van der Waals surface area (Å²) in [5.41, 5.74) is 0.305. The molecule has 1 heterocycles. The topological polar surface area (TPSA) is 91.3 Å². The van der Waals surface area contributed by atoms with Gasteiger partial charge in [-0.3, -0.25) is 19.9 Å². The number of benzene rings is 1. The molecule has 28 heavy (non-hydrogen) atoms. The number of nitrogens with one attached hydrogen (secondary N) is 1. The van der Waals surface area contributed by atoms with Crippen LogP contribution >= 0.6 is 0 Å². The van der Waals surface area contributed by atoms with Crippen LogP contribution in [-0.4, -0.2) is 61.7 Å². The van der Waals surface area contributed by atoms with Gasteiger partial charge in [0.25, 0.3) is 5.91 Å². The lowest BCUT2D eigenvalue weighted by atomic mass is 10.1. The first-order valence-electron chi connectivity index (χ1n) is 9.66. The Kier molecular flexibility index (Phi) is 8.13. The maximum Gasteiger partial charge on any atom is 0.335 e. The molecule has 1 aliphatic heterocycles. The third-order valence-electron chi connectivity index (χ3n) is 4.52. The van der Waals surface area contributed by atoms with Gasteiger partial charge in [0.15, 0.2) is 5.92 Å².